The van der Waals surface area contributed by atoms with Crippen molar-refractivity contribution < 1.29 is 13.9 Å². The third-order valence-electron chi connectivity index (χ3n) is 5.02. The highest BCUT2D eigenvalue weighted by Gasteiger charge is 2.23. The molecule has 0 unspecified atom stereocenters. The molecule has 0 aliphatic rings. The first-order valence-corrected chi connectivity index (χ1v) is 11.0. The molecule has 28 heavy (non-hydrogen) atoms. The van der Waals surface area contributed by atoms with E-state index in [1.165, 1.54) is 11.3 Å². The number of carbonyl (C=O) groups is 1. The van der Waals surface area contributed by atoms with Crippen LogP contribution in [0.2, 0.25) is 0 Å². The maximum absolute atomic E-state index is 13.3. The van der Waals surface area contributed by atoms with Gasteiger partial charge in [0.15, 0.2) is 0 Å². The summed E-state index contributed by atoms with van der Waals surface area (Å²) < 4.78 is 11.9. The van der Waals surface area contributed by atoms with E-state index in [0.29, 0.717) is 17.0 Å². The number of carbonyl (C=O) groups excluding carboxylic acids is 1. The number of furan rings is 1. The van der Waals surface area contributed by atoms with Crippen LogP contribution < -0.4 is 4.74 Å². The number of hydrogen-bond acceptors (Lipinski definition) is 5. The number of para-hydroxylation sites is 1. The van der Waals surface area contributed by atoms with E-state index >= 15 is 0 Å². The molecule has 2 heterocycles. The van der Waals surface area contributed by atoms with E-state index in [-0.39, 0.29) is 5.78 Å². The minimum atomic E-state index is 0.0274. The Bertz CT molecular complexity index is 908. The summed E-state index contributed by atoms with van der Waals surface area (Å²) in [4.78, 5) is 16.3. The van der Waals surface area contributed by atoms with Crippen LogP contribution >= 0.6 is 11.3 Å². The van der Waals surface area contributed by atoms with Crippen molar-refractivity contribution in [1.29, 1.82) is 0 Å². The van der Waals surface area contributed by atoms with E-state index < -0.39 is 0 Å². The number of rotatable bonds is 11. The lowest BCUT2D eigenvalue weighted by atomic mass is 10.0. The van der Waals surface area contributed by atoms with Crippen molar-refractivity contribution in [2.75, 3.05) is 26.2 Å². The van der Waals surface area contributed by atoms with E-state index in [1.807, 2.05) is 35.7 Å². The summed E-state index contributed by atoms with van der Waals surface area (Å²) >= 11 is 1.44. The minimum absolute atomic E-state index is 0.0274. The first-order chi connectivity index (χ1) is 13.7. The molecule has 5 heteroatoms. The molecular formula is C23H29NO3S. The van der Waals surface area contributed by atoms with Crippen molar-refractivity contribution >= 4 is 28.1 Å². The highest BCUT2D eigenvalue weighted by molar-refractivity contribution is 7.12. The van der Waals surface area contributed by atoms with Crippen molar-refractivity contribution in [2.45, 2.75) is 40.0 Å². The van der Waals surface area contributed by atoms with Crippen LogP contribution in [0.4, 0.5) is 0 Å². The number of likely N-dealkylation sites (N-methyl/N-ethyl adjacent to an activating group) is 1. The van der Waals surface area contributed by atoms with Crippen LogP contribution in [-0.2, 0) is 6.42 Å². The standard InChI is InChI=1S/C23H29NO3S/c1-4-7-11-20-22(18-10-8-9-12-19(18)27-20)23(25)21-15-17(16-28-21)26-14-13-24(5-2)6-3/h8-10,12,15-16H,4-7,11,13-14H2,1-3H3. The second-order valence-corrected chi connectivity index (χ2v) is 7.76. The lowest BCUT2D eigenvalue weighted by Crippen LogP contribution is -2.27. The van der Waals surface area contributed by atoms with E-state index in [0.717, 1.165) is 61.4 Å². The quantitative estimate of drug-likeness (QED) is 0.383. The molecule has 2 aromatic heterocycles. The number of thiophene rings is 1. The second kappa shape index (κ2) is 9.89. The Morgan fingerprint density at radius 1 is 1.18 bits per heavy atom. The van der Waals surface area contributed by atoms with Crippen LogP contribution in [0.3, 0.4) is 0 Å². The van der Waals surface area contributed by atoms with Gasteiger partial charge in [0.2, 0.25) is 5.78 Å². The molecule has 150 valence electrons. The Kier molecular flexibility index (Phi) is 7.29. The van der Waals surface area contributed by atoms with Gasteiger partial charge in [0.1, 0.15) is 23.7 Å². The van der Waals surface area contributed by atoms with Crippen LogP contribution in [0.25, 0.3) is 11.0 Å². The molecule has 0 aliphatic carbocycles. The third kappa shape index (κ3) is 4.65. The van der Waals surface area contributed by atoms with Crippen molar-refractivity contribution in [3.05, 3.63) is 51.9 Å². The molecule has 3 aromatic rings. The Hall–Kier alpha value is -2.11. The normalized spacial score (nSPS) is 11.4. The molecule has 1 aromatic carbocycles. The summed E-state index contributed by atoms with van der Waals surface area (Å²) in [5, 5.41) is 2.82. The summed E-state index contributed by atoms with van der Waals surface area (Å²) in [6, 6.07) is 9.65. The van der Waals surface area contributed by atoms with Gasteiger partial charge in [-0.1, -0.05) is 45.4 Å². The predicted molar refractivity (Wildman–Crippen MR) is 116 cm³/mol. The van der Waals surface area contributed by atoms with Gasteiger partial charge in [0.05, 0.1) is 10.4 Å². The largest absolute Gasteiger partial charge is 0.491 e. The zero-order valence-corrected chi connectivity index (χ0v) is 17.8. The van der Waals surface area contributed by atoms with Crippen LogP contribution in [0, 0.1) is 0 Å². The average molecular weight is 400 g/mol. The molecule has 0 spiro atoms. The molecule has 0 aliphatic heterocycles. The Morgan fingerprint density at radius 3 is 2.71 bits per heavy atom. The zero-order valence-electron chi connectivity index (χ0n) is 17.0. The third-order valence-corrected chi connectivity index (χ3v) is 5.93. The van der Waals surface area contributed by atoms with Crippen molar-refractivity contribution in [3.8, 4) is 5.75 Å². The molecule has 0 saturated heterocycles. The summed E-state index contributed by atoms with van der Waals surface area (Å²) in [5.41, 5.74) is 1.49. The van der Waals surface area contributed by atoms with E-state index in [4.69, 9.17) is 9.15 Å². The van der Waals surface area contributed by atoms with E-state index in [2.05, 4.69) is 25.7 Å². The monoisotopic (exact) mass is 399 g/mol. The number of ketones is 1. The molecule has 0 saturated carbocycles. The van der Waals surface area contributed by atoms with Gasteiger partial charge >= 0.3 is 0 Å². The van der Waals surface area contributed by atoms with Gasteiger partial charge in [-0.2, -0.15) is 0 Å². The minimum Gasteiger partial charge on any atom is -0.491 e. The smallest absolute Gasteiger partial charge is 0.207 e. The lowest BCUT2D eigenvalue weighted by molar-refractivity contribution is 0.104. The second-order valence-electron chi connectivity index (χ2n) is 6.85. The highest BCUT2D eigenvalue weighted by atomic mass is 32.1. The van der Waals surface area contributed by atoms with E-state index in [1.54, 1.807) is 0 Å². The maximum Gasteiger partial charge on any atom is 0.207 e. The summed E-state index contributed by atoms with van der Waals surface area (Å²) in [6.07, 6.45) is 2.85. The van der Waals surface area contributed by atoms with Gasteiger partial charge < -0.3 is 14.1 Å². The fourth-order valence-electron chi connectivity index (χ4n) is 3.33. The molecule has 4 nitrogen and oxygen atoms in total. The van der Waals surface area contributed by atoms with Gasteiger partial charge in [-0.05, 0) is 25.6 Å². The maximum atomic E-state index is 13.3. The van der Waals surface area contributed by atoms with Crippen LogP contribution in [0.5, 0.6) is 5.75 Å². The van der Waals surface area contributed by atoms with E-state index in [9.17, 15) is 4.79 Å². The fraction of sp³-hybridized carbons (Fsp3) is 0.435. The number of nitrogens with zero attached hydrogens (tertiary/aromatic N) is 1. The number of benzene rings is 1. The molecule has 0 atom stereocenters. The molecule has 0 radical (unpaired) electrons. The van der Waals surface area contributed by atoms with Gasteiger partial charge in [-0.25, -0.2) is 0 Å². The number of unbranched alkanes of at least 4 members (excludes halogenated alkanes) is 1. The lowest BCUT2D eigenvalue weighted by Gasteiger charge is -2.17. The van der Waals surface area contributed by atoms with Gasteiger partial charge in [-0.3, -0.25) is 4.79 Å². The van der Waals surface area contributed by atoms with Gasteiger partial charge in [0.25, 0.3) is 0 Å². The first kappa shape index (κ1) is 20.6. The predicted octanol–water partition coefficient (Wildman–Crippen LogP) is 5.79. The average Bonchev–Trinajstić information content (AvgIpc) is 3.33. The Balaban J connectivity index is 1.78. The molecule has 0 amide bonds. The Morgan fingerprint density at radius 2 is 1.96 bits per heavy atom. The number of aryl methyl sites for hydroxylation is 1. The zero-order chi connectivity index (χ0) is 19.9. The SMILES string of the molecule is CCCCc1oc2ccccc2c1C(=O)c1cc(OCCN(CC)CC)cs1. The number of hydrogen-bond donors (Lipinski definition) is 0. The molecule has 3 rings (SSSR count). The number of fused-ring (bicyclic) bond motifs is 1. The summed E-state index contributed by atoms with van der Waals surface area (Å²) in [5.74, 6) is 1.59. The van der Waals surface area contributed by atoms with Gasteiger partial charge in [-0.15, -0.1) is 11.3 Å². The summed E-state index contributed by atoms with van der Waals surface area (Å²) in [7, 11) is 0. The van der Waals surface area contributed by atoms with Crippen LogP contribution in [0.15, 0.2) is 40.1 Å². The molecule has 0 N–H and O–H groups in total. The number of ether oxygens (including phenoxy) is 1. The van der Waals surface area contributed by atoms with Crippen molar-refractivity contribution in [3.63, 3.8) is 0 Å². The highest BCUT2D eigenvalue weighted by Crippen LogP contribution is 2.32. The van der Waals surface area contributed by atoms with Crippen molar-refractivity contribution in [2.24, 2.45) is 0 Å². The molecular weight excluding hydrogens is 370 g/mol. The molecule has 0 fully saturated rings. The summed E-state index contributed by atoms with van der Waals surface area (Å²) in [6.45, 7) is 9.99. The fourth-order valence-corrected chi connectivity index (χ4v) is 4.10. The first-order valence-electron chi connectivity index (χ1n) is 10.2. The van der Waals surface area contributed by atoms with Gasteiger partial charge in [0, 0.05) is 29.8 Å². The topological polar surface area (TPSA) is 42.7 Å². The van der Waals surface area contributed by atoms with Crippen LogP contribution in [0.1, 0.15) is 54.6 Å². The van der Waals surface area contributed by atoms with Crippen LogP contribution in [-0.4, -0.2) is 36.9 Å². The Labute approximate surface area is 171 Å². The molecule has 0 bridgehead atoms. The van der Waals surface area contributed by atoms with Crippen molar-refractivity contribution in [1.82, 2.24) is 4.90 Å².